The van der Waals surface area contributed by atoms with Gasteiger partial charge >= 0.3 is 5.97 Å². The average Bonchev–Trinajstić information content (AvgIpc) is 2.38. The highest BCUT2D eigenvalue weighted by Gasteiger charge is 2.26. The van der Waals surface area contributed by atoms with Crippen LogP contribution in [0, 0.1) is 0 Å². The number of hydrogen-bond acceptors (Lipinski definition) is 5. The minimum absolute atomic E-state index is 0.118. The fourth-order valence-corrected chi connectivity index (χ4v) is 2.53. The normalized spacial score (nSPS) is 11.1. The van der Waals surface area contributed by atoms with E-state index in [9.17, 15) is 13.2 Å². The van der Waals surface area contributed by atoms with Gasteiger partial charge in [-0.05, 0) is 35.0 Å². The molecular weight excluding hydrogens is 350 g/mol. The first kappa shape index (κ1) is 16.8. The number of hydrogen-bond donors (Lipinski definition) is 0. The lowest BCUT2D eigenvalue weighted by Gasteiger charge is -2.23. The lowest BCUT2D eigenvalue weighted by atomic mass is 10.1. The molecule has 0 unspecified atom stereocenters. The third-order valence-electron chi connectivity index (χ3n) is 2.59. The molecule has 0 bridgehead atoms. The molecule has 0 saturated heterocycles. The fourth-order valence-electron chi connectivity index (χ4n) is 1.58. The highest BCUT2D eigenvalue weighted by molar-refractivity contribution is 9.10. The Morgan fingerprint density at radius 2 is 2.00 bits per heavy atom. The van der Waals surface area contributed by atoms with Gasteiger partial charge in [-0.15, -0.1) is 0 Å². The van der Waals surface area contributed by atoms with Gasteiger partial charge in [0.25, 0.3) is 0 Å². The van der Waals surface area contributed by atoms with Gasteiger partial charge in [-0.1, -0.05) is 0 Å². The van der Waals surface area contributed by atoms with E-state index in [2.05, 4.69) is 20.7 Å². The Morgan fingerprint density at radius 1 is 1.40 bits per heavy atom. The van der Waals surface area contributed by atoms with Gasteiger partial charge in [-0.25, -0.2) is 13.2 Å². The lowest BCUT2D eigenvalue weighted by Crippen LogP contribution is -2.27. The molecular formula is C12H16BrNO5S. The van der Waals surface area contributed by atoms with Crippen LogP contribution in [0.15, 0.2) is 16.6 Å². The second kappa shape index (κ2) is 6.45. The zero-order valence-electron chi connectivity index (χ0n) is 11.6. The van der Waals surface area contributed by atoms with Gasteiger partial charge in [0.05, 0.1) is 30.0 Å². The van der Waals surface area contributed by atoms with Crippen molar-refractivity contribution in [1.82, 2.24) is 0 Å². The second-order valence-corrected chi connectivity index (χ2v) is 6.80. The SMILES string of the molecule is CCOc1c(Br)ccc(C(=O)OC)c1N(C)S(C)(=O)=O. The molecule has 0 saturated carbocycles. The second-order valence-electron chi connectivity index (χ2n) is 3.93. The Bertz CT molecular complexity index is 615. The molecule has 1 aromatic carbocycles. The van der Waals surface area contributed by atoms with Crippen molar-refractivity contribution in [3.05, 3.63) is 22.2 Å². The molecule has 0 N–H and O–H groups in total. The first-order valence-electron chi connectivity index (χ1n) is 5.71. The summed E-state index contributed by atoms with van der Waals surface area (Å²) in [6.45, 7) is 2.09. The fraction of sp³-hybridized carbons (Fsp3) is 0.417. The van der Waals surface area contributed by atoms with Gasteiger partial charge in [0.1, 0.15) is 5.69 Å². The minimum atomic E-state index is -3.55. The third kappa shape index (κ3) is 3.43. The molecule has 1 rings (SSSR count). The smallest absolute Gasteiger partial charge is 0.340 e. The molecule has 6 nitrogen and oxygen atoms in total. The van der Waals surface area contributed by atoms with Crippen LogP contribution in [0.25, 0.3) is 0 Å². The molecule has 0 aromatic heterocycles. The van der Waals surface area contributed by atoms with Crippen molar-refractivity contribution in [3.8, 4) is 5.75 Å². The summed E-state index contributed by atoms with van der Waals surface area (Å²) in [5, 5.41) is 0. The number of nitrogens with zero attached hydrogens (tertiary/aromatic N) is 1. The third-order valence-corrected chi connectivity index (χ3v) is 4.39. The highest BCUT2D eigenvalue weighted by atomic mass is 79.9. The van der Waals surface area contributed by atoms with Crippen molar-refractivity contribution in [2.75, 3.05) is 31.3 Å². The van der Waals surface area contributed by atoms with E-state index >= 15 is 0 Å². The summed E-state index contributed by atoms with van der Waals surface area (Å²) >= 11 is 3.29. The number of sulfonamides is 1. The molecule has 0 atom stereocenters. The maximum atomic E-state index is 11.8. The molecule has 0 radical (unpaired) electrons. The highest BCUT2D eigenvalue weighted by Crippen LogP contribution is 2.39. The number of rotatable bonds is 5. The summed E-state index contributed by atoms with van der Waals surface area (Å²) in [5.41, 5.74) is 0.266. The van der Waals surface area contributed by atoms with Gasteiger partial charge in [0, 0.05) is 7.05 Å². The van der Waals surface area contributed by atoms with Crippen molar-refractivity contribution < 1.29 is 22.7 Å². The molecule has 0 spiro atoms. The van der Waals surface area contributed by atoms with Crippen LogP contribution in [0.3, 0.4) is 0 Å². The summed E-state index contributed by atoms with van der Waals surface area (Å²) < 4.78 is 35.2. The molecule has 1 aromatic rings. The first-order chi connectivity index (χ1) is 9.23. The molecule has 8 heteroatoms. The number of benzene rings is 1. The van der Waals surface area contributed by atoms with Crippen LogP contribution in [-0.2, 0) is 14.8 Å². The maximum absolute atomic E-state index is 11.8. The summed E-state index contributed by atoms with van der Waals surface area (Å²) in [5.74, 6) is -0.354. The number of esters is 1. The molecule has 0 amide bonds. The first-order valence-corrected chi connectivity index (χ1v) is 8.35. The van der Waals surface area contributed by atoms with Crippen molar-refractivity contribution in [2.24, 2.45) is 0 Å². The van der Waals surface area contributed by atoms with Crippen molar-refractivity contribution in [2.45, 2.75) is 6.92 Å². The van der Waals surface area contributed by atoms with Gasteiger partial charge in [-0.3, -0.25) is 4.31 Å². The number of halogens is 1. The number of anilines is 1. The van der Waals surface area contributed by atoms with Crippen LogP contribution in [0.2, 0.25) is 0 Å². The van der Waals surface area contributed by atoms with E-state index in [1.807, 2.05) is 0 Å². The van der Waals surface area contributed by atoms with Gasteiger partial charge < -0.3 is 9.47 Å². The number of methoxy groups -OCH3 is 1. The van der Waals surface area contributed by atoms with E-state index in [-0.39, 0.29) is 17.0 Å². The minimum Gasteiger partial charge on any atom is -0.490 e. The van der Waals surface area contributed by atoms with Gasteiger partial charge in [0.15, 0.2) is 5.75 Å². The van der Waals surface area contributed by atoms with E-state index in [1.54, 1.807) is 13.0 Å². The number of ether oxygens (including phenoxy) is 2. The number of carbonyl (C=O) groups is 1. The maximum Gasteiger partial charge on any atom is 0.340 e. The predicted octanol–water partition coefficient (Wildman–Crippen LogP) is 2.03. The Balaban J connectivity index is 3.64. The van der Waals surface area contributed by atoms with E-state index in [0.717, 1.165) is 10.6 Å². The van der Waals surface area contributed by atoms with Gasteiger partial charge in [0.2, 0.25) is 10.0 Å². The zero-order chi connectivity index (χ0) is 15.5. The lowest BCUT2D eigenvalue weighted by molar-refractivity contribution is 0.0601. The van der Waals surface area contributed by atoms with Crippen molar-refractivity contribution in [3.63, 3.8) is 0 Å². The Morgan fingerprint density at radius 3 is 2.45 bits per heavy atom. The van der Waals surface area contributed by atoms with Crippen LogP contribution in [0.4, 0.5) is 5.69 Å². The predicted molar refractivity (Wildman–Crippen MR) is 79.9 cm³/mol. The number of carbonyl (C=O) groups excluding carboxylic acids is 1. The van der Waals surface area contributed by atoms with Crippen LogP contribution >= 0.6 is 15.9 Å². The Labute approximate surface area is 126 Å². The molecule has 112 valence electrons. The quantitative estimate of drug-likeness (QED) is 0.746. The summed E-state index contributed by atoms with van der Waals surface area (Å²) in [4.78, 5) is 11.8. The Kier molecular flexibility index (Phi) is 5.41. The van der Waals surface area contributed by atoms with E-state index in [0.29, 0.717) is 11.1 Å². The van der Waals surface area contributed by atoms with E-state index in [4.69, 9.17) is 4.74 Å². The summed E-state index contributed by atoms with van der Waals surface area (Å²) in [6, 6.07) is 3.09. The van der Waals surface area contributed by atoms with Crippen LogP contribution < -0.4 is 9.04 Å². The van der Waals surface area contributed by atoms with Gasteiger partial charge in [-0.2, -0.15) is 0 Å². The van der Waals surface area contributed by atoms with Crippen molar-refractivity contribution in [1.29, 1.82) is 0 Å². The standard InChI is InChI=1S/C12H16BrNO5S/c1-5-19-11-9(13)7-6-8(12(15)18-3)10(11)14(2)20(4,16)17/h6-7H,5H2,1-4H3. The van der Waals surface area contributed by atoms with Crippen LogP contribution in [0.1, 0.15) is 17.3 Å². The molecule has 0 fully saturated rings. The zero-order valence-corrected chi connectivity index (χ0v) is 14.0. The molecule has 0 aliphatic carbocycles. The topological polar surface area (TPSA) is 72.9 Å². The van der Waals surface area contributed by atoms with Crippen LogP contribution in [-0.4, -0.2) is 41.4 Å². The Hall–Kier alpha value is -1.28. The molecule has 0 aliphatic heterocycles. The molecule has 0 heterocycles. The monoisotopic (exact) mass is 365 g/mol. The van der Waals surface area contributed by atoms with Crippen LogP contribution in [0.5, 0.6) is 5.75 Å². The van der Waals surface area contributed by atoms with Crippen molar-refractivity contribution >= 4 is 37.6 Å². The summed E-state index contributed by atoms with van der Waals surface area (Å²) in [6.07, 6.45) is 1.05. The average molecular weight is 366 g/mol. The molecule has 20 heavy (non-hydrogen) atoms. The van der Waals surface area contributed by atoms with E-state index < -0.39 is 16.0 Å². The van der Waals surface area contributed by atoms with E-state index in [1.165, 1.54) is 20.2 Å². The summed E-state index contributed by atoms with van der Waals surface area (Å²) in [7, 11) is -0.969. The molecule has 0 aliphatic rings. The largest absolute Gasteiger partial charge is 0.490 e.